The molecule has 74 valence electrons. The number of hydrogen-bond acceptors (Lipinski definition) is 2. The summed E-state index contributed by atoms with van der Waals surface area (Å²) in [6.45, 7) is 3.10. The van der Waals surface area contributed by atoms with Crippen LogP contribution in [0, 0.1) is 0 Å². The largest absolute Gasteiger partial charge is 0.336 e. The fraction of sp³-hybridized carbons (Fsp3) is 0.900. The molecule has 1 saturated carbocycles. The van der Waals surface area contributed by atoms with Crippen molar-refractivity contribution in [2.45, 2.75) is 50.6 Å². The topological polar surface area (TPSA) is 46.3 Å². The minimum absolute atomic E-state index is 0.186. The van der Waals surface area contributed by atoms with E-state index in [1.807, 2.05) is 4.90 Å². The summed E-state index contributed by atoms with van der Waals surface area (Å²) in [4.78, 5) is 13.8. The lowest BCUT2D eigenvalue weighted by Crippen LogP contribution is -2.53. The fourth-order valence-electron chi connectivity index (χ4n) is 2.33. The van der Waals surface area contributed by atoms with Gasteiger partial charge in [-0.25, -0.2) is 0 Å². The summed E-state index contributed by atoms with van der Waals surface area (Å²) in [6.07, 6.45) is 5.40. The van der Waals surface area contributed by atoms with Gasteiger partial charge in [-0.2, -0.15) is 0 Å². The molecule has 2 fully saturated rings. The quantitative estimate of drug-likeness (QED) is 0.689. The minimum Gasteiger partial charge on any atom is -0.336 e. The second kappa shape index (κ2) is 2.98. The smallest absolute Gasteiger partial charge is 0.239 e. The Bertz CT molecular complexity index is 223. The molecule has 0 aromatic carbocycles. The van der Waals surface area contributed by atoms with E-state index in [1.54, 1.807) is 0 Å². The van der Waals surface area contributed by atoms with E-state index in [0.717, 1.165) is 25.8 Å². The van der Waals surface area contributed by atoms with Crippen molar-refractivity contribution in [1.29, 1.82) is 0 Å². The Kier molecular flexibility index (Phi) is 2.06. The minimum atomic E-state index is -0.224. The van der Waals surface area contributed by atoms with E-state index in [-0.39, 0.29) is 17.5 Å². The van der Waals surface area contributed by atoms with E-state index in [4.69, 9.17) is 5.73 Å². The van der Waals surface area contributed by atoms with Gasteiger partial charge >= 0.3 is 0 Å². The van der Waals surface area contributed by atoms with Crippen LogP contribution in [0.3, 0.4) is 0 Å². The van der Waals surface area contributed by atoms with Gasteiger partial charge in [-0.15, -0.1) is 0 Å². The molecular formula is C10H18N2O. The molecule has 1 unspecified atom stereocenters. The lowest BCUT2D eigenvalue weighted by molar-refractivity contribution is -0.138. The lowest BCUT2D eigenvalue weighted by Gasteiger charge is -2.37. The van der Waals surface area contributed by atoms with Crippen molar-refractivity contribution < 1.29 is 4.79 Å². The van der Waals surface area contributed by atoms with Gasteiger partial charge in [0.25, 0.3) is 0 Å². The van der Waals surface area contributed by atoms with Gasteiger partial charge in [0.2, 0.25) is 5.91 Å². The van der Waals surface area contributed by atoms with E-state index in [1.165, 1.54) is 12.8 Å². The van der Waals surface area contributed by atoms with E-state index < -0.39 is 0 Å². The molecule has 2 N–H and O–H groups in total. The molecule has 0 spiro atoms. The molecule has 2 aliphatic rings. The molecular weight excluding hydrogens is 164 g/mol. The van der Waals surface area contributed by atoms with Crippen molar-refractivity contribution in [3.8, 4) is 0 Å². The average molecular weight is 182 g/mol. The zero-order valence-electron chi connectivity index (χ0n) is 8.25. The van der Waals surface area contributed by atoms with Crippen LogP contribution in [0.4, 0.5) is 0 Å². The highest BCUT2D eigenvalue weighted by molar-refractivity contribution is 5.83. The molecule has 13 heavy (non-hydrogen) atoms. The summed E-state index contributed by atoms with van der Waals surface area (Å²) < 4.78 is 0. The Morgan fingerprint density at radius 1 is 1.62 bits per heavy atom. The van der Waals surface area contributed by atoms with Crippen molar-refractivity contribution in [3.05, 3.63) is 0 Å². The summed E-state index contributed by atoms with van der Waals surface area (Å²) in [6, 6.07) is -0.224. The van der Waals surface area contributed by atoms with E-state index in [9.17, 15) is 4.79 Å². The third-order valence-corrected chi connectivity index (χ3v) is 3.54. The molecule has 2 rings (SSSR count). The molecule has 1 aliphatic heterocycles. The zero-order chi connectivity index (χ0) is 9.47. The van der Waals surface area contributed by atoms with Gasteiger partial charge in [0.05, 0.1) is 6.04 Å². The first-order valence-electron chi connectivity index (χ1n) is 5.27. The summed E-state index contributed by atoms with van der Waals surface area (Å²) in [5, 5.41) is 0. The lowest BCUT2D eigenvalue weighted by atomic mass is 10.0. The summed E-state index contributed by atoms with van der Waals surface area (Å²) in [5.41, 5.74) is 5.97. The molecule has 1 aliphatic carbocycles. The van der Waals surface area contributed by atoms with Crippen LogP contribution < -0.4 is 5.73 Å². The second-order valence-corrected chi connectivity index (χ2v) is 4.32. The monoisotopic (exact) mass is 182 g/mol. The maximum absolute atomic E-state index is 11.8. The predicted octanol–water partition coefficient (Wildman–Crippen LogP) is 0.879. The number of likely N-dealkylation sites (tertiary alicyclic amines) is 1. The molecule has 1 amide bonds. The molecule has 0 radical (unpaired) electrons. The molecule has 3 heteroatoms. The highest BCUT2D eigenvalue weighted by Crippen LogP contribution is 2.45. The number of piperidine rings is 1. The van der Waals surface area contributed by atoms with E-state index in [2.05, 4.69) is 6.92 Å². The first-order chi connectivity index (χ1) is 6.19. The molecule has 1 saturated heterocycles. The van der Waals surface area contributed by atoms with Crippen LogP contribution in [0.5, 0.6) is 0 Å². The predicted molar refractivity (Wildman–Crippen MR) is 51.2 cm³/mol. The number of carbonyl (C=O) groups is 1. The van der Waals surface area contributed by atoms with E-state index in [0.29, 0.717) is 0 Å². The summed E-state index contributed by atoms with van der Waals surface area (Å²) >= 11 is 0. The van der Waals surface area contributed by atoms with Crippen LogP contribution in [0.1, 0.15) is 39.0 Å². The van der Waals surface area contributed by atoms with Crippen molar-refractivity contribution >= 4 is 5.91 Å². The van der Waals surface area contributed by atoms with Crippen LogP contribution >= 0.6 is 0 Å². The number of nitrogens with zero attached hydrogens (tertiary/aromatic N) is 1. The maximum atomic E-state index is 11.8. The molecule has 1 atom stereocenters. The van der Waals surface area contributed by atoms with Crippen molar-refractivity contribution in [1.82, 2.24) is 4.90 Å². The summed E-state index contributed by atoms with van der Waals surface area (Å²) in [7, 11) is 0. The SMILES string of the molecule is CCC1(N2CCCC(N)C2=O)CC1. The standard InChI is InChI=1S/C10H18N2O/c1-2-10(5-6-10)12-7-3-4-8(11)9(12)13/h8H,2-7,11H2,1H3. The Balaban J connectivity index is 2.09. The fourth-order valence-corrected chi connectivity index (χ4v) is 2.33. The Morgan fingerprint density at radius 3 is 2.85 bits per heavy atom. The zero-order valence-corrected chi connectivity index (χ0v) is 8.25. The number of hydrogen-bond donors (Lipinski definition) is 1. The molecule has 3 nitrogen and oxygen atoms in total. The van der Waals surface area contributed by atoms with Crippen LogP contribution in [0.2, 0.25) is 0 Å². The Hall–Kier alpha value is -0.570. The van der Waals surface area contributed by atoms with Crippen LogP contribution in [0.15, 0.2) is 0 Å². The van der Waals surface area contributed by atoms with Crippen LogP contribution in [-0.4, -0.2) is 28.9 Å². The van der Waals surface area contributed by atoms with Crippen molar-refractivity contribution in [2.75, 3.05) is 6.54 Å². The average Bonchev–Trinajstić information content (AvgIpc) is 2.90. The first kappa shape index (κ1) is 9.00. The normalized spacial score (nSPS) is 32.0. The Morgan fingerprint density at radius 2 is 2.31 bits per heavy atom. The number of rotatable bonds is 2. The van der Waals surface area contributed by atoms with Crippen molar-refractivity contribution in [2.24, 2.45) is 5.73 Å². The number of carbonyl (C=O) groups excluding carboxylic acids is 1. The van der Waals surface area contributed by atoms with E-state index >= 15 is 0 Å². The molecule has 1 heterocycles. The van der Waals surface area contributed by atoms with Gasteiger partial charge < -0.3 is 10.6 Å². The molecule has 0 bridgehead atoms. The first-order valence-corrected chi connectivity index (χ1v) is 5.27. The van der Waals surface area contributed by atoms with Gasteiger partial charge in [-0.05, 0) is 32.1 Å². The number of nitrogens with two attached hydrogens (primary N) is 1. The molecule has 0 aromatic rings. The Labute approximate surface area is 79.3 Å². The third-order valence-electron chi connectivity index (χ3n) is 3.54. The molecule has 0 aromatic heterocycles. The van der Waals surface area contributed by atoms with Gasteiger partial charge in [0.15, 0.2) is 0 Å². The third kappa shape index (κ3) is 1.35. The van der Waals surface area contributed by atoms with Crippen molar-refractivity contribution in [3.63, 3.8) is 0 Å². The van der Waals surface area contributed by atoms with Gasteiger partial charge in [-0.3, -0.25) is 4.79 Å². The van der Waals surface area contributed by atoms with Crippen LogP contribution in [0.25, 0.3) is 0 Å². The maximum Gasteiger partial charge on any atom is 0.239 e. The van der Waals surface area contributed by atoms with Gasteiger partial charge in [0, 0.05) is 12.1 Å². The highest BCUT2D eigenvalue weighted by atomic mass is 16.2. The highest BCUT2D eigenvalue weighted by Gasteiger charge is 2.49. The van der Waals surface area contributed by atoms with Gasteiger partial charge in [0.1, 0.15) is 0 Å². The van der Waals surface area contributed by atoms with Gasteiger partial charge in [-0.1, -0.05) is 6.92 Å². The summed E-state index contributed by atoms with van der Waals surface area (Å²) in [5.74, 6) is 0.186. The van der Waals surface area contributed by atoms with Crippen LogP contribution in [-0.2, 0) is 4.79 Å². The number of amides is 1. The second-order valence-electron chi connectivity index (χ2n) is 4.32.